The van der Waals surface area contributed by atoms with Crippen molar-refractivity contribution in [3.63, 3.8) is 0 Å². The average molecular weight is 373 g/mol. The van der Waals surface area contributed by atoms with Crippen LogP contribution < -0.4 is 4.74 Å². The Bertz CT molecular complexity index is 1110. The van der Waals surface area contributed by atoms with Crippen molar-refractivity contribution < 1.29 is 4.74 Å². The Morgan fingerprint density at radius 1 is 1.29 bits per heavy atom. The number of pyridine rings is 1. The highest BCUT2D eigenvalue weighted by molar-refractivity contribution is 5.85. The fourth-order valence-electron chi connectivity index (χ4n) is 4.25. The summed E-state index contributed by atoms with van der Waals surface area (Å²) in [7, 11) is 1.71. The number of H-pyrrole nitrogens is 2. The summed E-state index contributed by atoms with van der Waals surface area (Å²) >= 11 is 0. The number of aromatic nitrogens is 4. The van der Waals surface area contributed by atoms with E-state index in [0.717, 1.165) is 36.5 Å². The van der Waals surface area contributed by atoms with Crippen LogP contribution in [0.15, 0.2) is 49.1 Å². The number of imidazole rings is 1. The normalized spacial score (nSPS) is 17.0. The van der Waals surface area contributed by atoms with Crippen molar-refractivity contribution in [3.8, 4) is 5.75 Å². The van der Waals surface area contributed by atoms with Crippen LogP contribution in [-0.4, -0.2) is 38.5 Å². The van der Waals surface area contributed by atoms with E-state index in [2.05, 4.69) is 50.0 Å². The maximum absolute atomic E-state index is 5.40. The van der Waals surface area contributed by atoms with Crippen molar-refractivity contribution >= 4 is 10.9 Å². The summed E-state index contributed by atoms with van der Waals surface area (Å²) < 4.78 is 5.40. The molecule has 1 atom stereocenters. The maximum atomic E-state index is 5.40. The van der Waals surface area contributed by atoms with Crippen LogP contribution in [0.2, 0.25) is 0 Å². The van der Waals surface area contributed by atoms with Gasteiger partial charge in [0.15, 0.2) is 0 Å². The molecule has 5 rings (SSSR count). The van der Waals surface area contributed by atoms with E-state index in [-0.39, 0.29) is 6.04 Å². The molecule has 0 unspecified atom stereocenters. The monoisotopic (exact) mass is 373 g/mol. The lowest BCUT2D eigenvalue weighted by atomic mass is 9.96. The molecular formula is C22H23N5O. The fourth-order valence-corrected chi connectivity index (χ4v) is 4.25. The number of aryl methyl sites for hydroxylation is 1. The quantitative estimate of drug-likeness (QED) is 0.572. The Morgan fingerprint density at radius 2 is 2.21 bits per heavy atom. The second kappa shape index (κ2) is 6.80. The van der Waals surface area contributed by atoms with Gasteiger partial charge in [-0.2, -0.15) is 0 Å². The van der Waals surface area contributed by atoms with Crippen LogP contribution in [0, 0.1) is 6.92 Å². The van der Waals surface area contributed by atoms with Crippen LogP contribution in [0.25, 0.3) is 10.9 Å². The van der Waals surface area contributed by atoms with Crippen LogP contribution in [0.1, 0.15) is 34.3 Å². The van der Waals surface area contributed by atoms with E-state index >= 15 is 0 Å². The molecule has 1 aromatic carbocycles. The standard InChI is InChI=1S/C22H23N5O/c1-14-17-10-16(28-2)5-6-18(17)26-20(14)12-27-9-7-19-21(25-13-24-19)22(27)15-4-3-8-23-11-15/h3-6,8,10-11,13,22,26H,7,9,12H2,1-2H3,(H,24,25)/t22-/m1/s1. The predicted octanol–water partition coefficient (Wildman–Crippen LogP) is 3.75. The van der Waals surface area contributed by atoms with Gasteiger partial charge in [-0.05, 0) is 42.3 Å². The van der Waals surface area contributed by atoms with Gasteiger partial charge < -0.3 is 14.7 Å². The number of hydrogen-bond donors (Lipinski definition) is 2. The Balaban J connectivity index is 1.54. The van der Waals surface area contributed by atoms with Gasteiger partial charge in [-0.25, -0.2) is 4.98 Å². The summed E-state index contributed by atoms with van der Waals surface area (Å²) in [6, 6.07) is 10.4. The Hall–Kier alpha value is -3.12. The van der Waals surface area contributed by atoms with Crippen molar-refractivity contribution in [3.05, 3.63) is 77.3 Å². The number of rotatable bonds is 4. The molecule has 142 valence electrons. The molecule has 0 spiro atoms. The number of fused-ring (bicyclic) bond motifs is 2. The second-order valence-electron chi connectivity index (χ2n) is 7.32. The first kappa shape index (κ1) is 17.0. The zero-order valence-corrected chi connectivity index (χ0v) is 16.1. The van der Waals surface area contributed by atoms with Crippen molar-refractivity contribution in [2.45, 2.75) is 25.9 Å². The molecule has 1 aliphatic heterocycles. The topological polar surface area (TPSA) is 69.8 Å². The van der Waals surface area contributed by atoms with E-state index in [1.807, 2.05) is 24.5 Å². The highest BCUT2D eigenvalue weighted by Gasteiger charge is 2.31. The van der Waals surface area contributed by atoms with Crippen LogP contribution in [-0.2, 0) is 13.0 Å². The van der Waals surface area contributed by atoms with Gasteiger partial charge in [0.2, 0.25) is 0 Å². The summed E-state index contributed by atoms with van der Waals surface area (Å²) in [6.45, 7) is 3.97. The summed E-state index contributed by atoms with van der Waals surface area (Å²) in [5, 5.41) is 1.21. The van der Waals surface area contributed by atoms with Crippen molar-refractivity contribution in [2.75, 3.05) is 13.7 Å². The lowest BCUT2D eigenvalue weighted by Gasteiger charge is -2.35. The van der Waals surface area contributed by atoms with Gasteiger partial charge in [-0.3, -0.25) is 9.88 Å². The summed E-state index contributed by atoms with van der Waals surface area (Å²) in [5.74, 6) is 0.883. The SMILES string of the molecule is COc1ccc2[nH]c(CN3CCc4[nH]cnc4[C@H]3c3cccnc3)c(C)c2c1. The highest BCUT2D eigenvalue weighted by Crippen LogP contribution is 2.35. The minimum absolute atomic E-state index is 0.101. The zero-order valence-electron chi connectivity index (χ0n) is 16.1. The number of methoxy groups -OCH3 is 1. The van der Waals surface area contributed by atoms with E-state index in [1.54, 1.807) is 13.4 Å². The molecule has 0 fully saturated rings. The molecule has 2 N–H and O–H groups in total. The number of nitrogens with one attached hydrogen (secondary N) is 2. The third-order valence-electron chi connectivity index (χ3n) is 5.76. The Labute approximate surface area is 163 Å². The zero-order chi connectivity index (χ0) is 19.1. The molecule has 6 nitrogen and oxygen atoms in total. The molecule has 6 heteroatoms. The molecule has 1 aliphatic rings. The van der Waals surface area contributed by atoms with Gasteiger partial charge in [-0.1, -0.05) is 6.07 Å². The van der Waals surface area contributed by atoms with E-state index < -0.39 is 0 Å². The number of hydrogen-bond acceptors (Lipinski definition) is 4. The largest absolute Gasteiger partial charge is 0.497 e. The Morgan fingerprint density at radius 3 is 3.04 bits per heavy atom. The molecule has 4 heterocycles. The first-order valence-electron chi connectivity index (χ1n) is 9.56. The average Bonchev–Trinajstić information content (AvgIpc) is 3.33. The lowest BCUT2D eigenvalue weighted by Crippen LogP contribution is -2.36. The molecule has 0 amide bonds. The smallest absolute Gasteiger partial charge is 0.119 e. The third kappa shape index (κ3) is 2.77. The first-order valence-corrected chi connectivity index (χ1v) is 9.56. The summed E-state index contributed by atoms with van der Waals surface area (Å²) in [6.07, 6.45) is 6.54. The minimum atomic E-state index is 0.101. The summed E-state index contributed by atoms with van der Waals surface area (Å²) in [4.78, 5) is 18.4. The fraction of sp³-hybridized carbons (Fsp3) is 0.273. The molecule has 0 saturated carbocycles. The Kier molecular flexibility index (Phi) is 4.13. The number of aromatic amines is 2. The first-order chi connectivity index (χ1) is 13.7. The van der Waals surface area contributed by atoms with Gasteiger partial charge in [-0.15, -0.1) is 0 Å². The minimum Gasteiger partial charge on any atom is -0.497 e. The summed E-state index contributed by atoms with van der Waals surface area (Å²) in [5.41, 5.74) is 7.15. The lowest BCUT2D eigenvalue weighted by molar-refractivity contribution is 0.198. The van der Waals surface area contributed by atoms with Gasteiger partial charge in [0, 0.05) is 54.2 Å². The number of benzene rings is 1. The van der Waals surface area contributed by atoms with Crippen LogP contribution >= 0.6 is 0 Å². The van der Waals surface area contributed by atoms with Crippen LogP contribution in [0.5, 0.6) is 5.75 Å². The van der Waals surface area contributed by atoms with Crippen LogP contribution in [0.4, 0.5) is 0 Å². The van der Waals surface area contributed by atoms with Gasteiger partial charge in [0.05, 0.1) is 25.2 Å². The van der Waals surface area contributed by atoms with Crippen molar-refractivity contribution in [2.24, 2.45) is 0 Å². The van der Waals surface area contributed by atoms with E-state index in [4.69, 9.17) is 4.74 Å². The molecule has 0 aliphatic carbocycles. The molecular weight excluding hydrogens is 350 g/mol. The molecule has 28 heavy (non-hydrogen) atoms. The van der Waals surface area contributed by atoms with E-state index in [1.165, 1.54) is 27.9 Å². The third-order valence-corrected chi connectivity index (χ3v) is 5.76. The molecule has 4 aromatic rings. The van der Waals surface area contributed by atoms with Crippen LogP contribution in [0.3, 0.4) is 0 Å². The predicted molar refractivity (Wildman–Crippen MR) is 108 cm³/mol. The number of ether oxygens (including phenoxy) is 1. The van der Waals surface area contributed by atoms with Gasteiger partial charge in [0.1, 0.15) is 5.75 Å². The molecule has 0 radical (unpaired) electrons. The molecule has 0 bridgehead atoms. The van der Waals surface area contributed by atoms with E-state index in [9.17, 15) is 0 Å². The van der Waals surface area contributed by atoms with Crippen molar-refractivity contribution in [1.29, 1.82) is 0 Å². The molecule has 0 saturated heterocycles. The highest BCUT2D eigenvalue weighted by atomic mass is 16.5. The maximum Gasteiger partial charge on any atom is 0.119 e. The van der Waals surface area contributed by atoms with Gasteiger partial charge >= 0.3 is 0 Å². The molecule has 3 aromatic heterocycles. The number of nitrogens with zero attached hydrogens (tertiary/aromatic N) is 3. The second-order valence-corrected chi connectivity index (χ2v) is 7.32. The van der Waals surface area contributed by atoms with Gasteiger partial charge in [0.25, 0.3) is 0 Å². The van der Waals surface area contributed by atoms with E-state index in [0.29, 0.717) is 0 Å². The van der Waals surface area contributed by atoms with Crippen molar-refractivity contribution in [1.82, 2.24) is 24.8 Å².